The Morgan fingerprint density at radius 3 is 0.941 bits per heavy atom. The van der Waals surface area contributed by atoms with Crippen molar-refractivity contribution in [3.05, 3.63) is 142 Å². The van der Waals surface area contributed by atoms with Crippen LogP contribution < -0.4 is 0 Å². The summed E-state index contributed by atoms with van der Waals surface area (Å²) in [4.78, 5) is 0. The van der Waals surface area contributed by atoms with Crippen LogP contribution in [-0.4, -0.2) is 0 Å². The molecule has 0 spiro atoms. The predicted octanol–water partition coefficient (Wildman–Crippen LogP) is 8.55. The molecule has 0 amide bonds. The number of hydrogen-bond donors (Lipinski definition) is 0. The molecular formula is C34H30. The molecule has 0 nitrogen and oxygen atoms in total. The highest BCUT2D eigenvalue weighted by atomic mass is 14.0. The third-order valence-corrected chi connectivity index (χ3v) is 5.88. The third-order valence-electron chi connectivity index (χ3n) is 5.88. The highest BCUT2D eigenvalue weighted by Gasteiger charge is 1.94. The maximum atomic E-state index is 3.27. The molecule has 4 aromatic carbocycles. The first-order valence-corrected chi connectivity index (χ1v) is 12.0. The smallest absolute Gasteiger partial charge is 0.0249 e. The molecule has 34 heavy (non-hydrogen) atoms. The summed E-state index contributed by atoms with van der Waals surface area (Å²) in [5, 5.41) is 0. The second-order valence-corrected chi connectivity index (χ2v) is 8.35. The van der Waals surface area contributed by atoms with Gasteiger partial charge in [-0.2, -0.15) is 0 Å². The summed E-state index contributed by atoms with van der Waals surface area (Å²) in [6, 6.07) is 34.2. The largest absolute Gasteiger partial charge is 0.0617 e. The topological polar surface area (TPSA) is 0 Å². The van der Waals surface area contributed by atoms with Crippen LogP contribution >= 0.6 is 0 Å². The summed E-state index contributed by atoms with van der Waals surface area (Å²) in [5.41, 5.74) is 9.54. The van der Waals surface area contributed by atoms with Crippen LogP contribution in [0.3, 0.4) is 0 Å². The van der Waals surface area contributed by atoms with Crippen LogP contribution in [0.25, 0.3) is 24.3 Å². The van der Waals surface area contributed by atoms with Gasteiger partial charge in [-0.1, -0.05) is 123 Å². The standard InChI is InChI=1S/C34H30/c1-3-27-5-9-29(10-6-27)13-15-31-17-21-33(22-18-31)25-26-34-23-19-32(20-24-34)16-14-30-11-7-28(4-2)8-12-30/h5-24H,3-4H2,1-2H3. The molecule has 0 saturated heterocycles. The van der Waals surface area contributed by atoms with Crippen molar-refractivity contribution in [3.8, 4) is 11.8 Å². The van der Waals surface area contributed by atoms with Crippen LogP contribution in [0.5, 0.6) is 0 Å². The van der Waals surface area contributed by atoms with E-state index in [4.69, 9.17) is 0 Å². The van der Waals surface area contributed by atoms with Crippen LogP contribution in [-0.2, 0) is 12.8 Å². The zero-order valence-corrected chi connectivity index (χ0v) is 20.0. The lowest BCUT2D eigenvalue weighted by atomic mass is 10.1. The Morgan fingerprint density at radius 2 is 0.676 bits per heavy atom. The van der Waals surface area contributed by atoms with Gasteiger partial charge >= 0.3 is 0 Å². The second-order valence-electron chi connectivity index (χ2n) is 8.35. The van der Waals surface area contributed by atoms with Gasteiger partial charge in [-0.3, -0.25) is 0 Å². The minimum absolute atomic E-state index is 1.02. The Bertz CT molecular complexity index is 1200. The number of aryl methyl sites for hydroxylation is 2. The van der Waals surface area contributed by atoms with E-state index in [0.717, 1.165) is 24.0 Å². The molecule has 0 saturated carbocycles. The van der Waals surface area contributed by atoms with Gasteiger partial charge in [0.2, 0.25) is 0 Å². The third kappa shape index (κ3) is 6.71. The van der Waals surface area contributed by atoms with Crippen molar-refractivity contribution in [1.82, 2.24) is 0 Å². The molecule has 0 aliphatic rings. The van der Waals surface area contributed by atoms with Crippen molar-refractivity contribution in [2.45, 2.75) is 26.7 Å². The van der Waals surface area contributed by atoms with Gasteiger partial charge in [0.15, 0.2) is 0 Å². The predicted molar refractivity (Wildman–Crippen MR) is 148 cm³/mol. The number of hydrogen-bond acceptors (Lipinski definition) is 0. The van der Waals surface area contributed by atoms with E-state index in [1.165, 1.54) is 33.4 Å². The Kier molecular flexibility index (Phi) is 7.94. The van der Waals surface area contributed by atoms with Crippen LogP contribution in [0, 0.1) is 11.8 Å². The van der Waals surface area contributed by atoms with Crippen LogP contribution in [0.4, 0.5) is 0 Å². The minimum atomic E-state index is 1.02. The maximum absolute atomic E-state index is 3.27. The molecule has 0 unspecified atom stereocenters. The summed E-state index contributed by atoms with van der Waals surface area (Å²) in [6.45, 7) is 4.35. The molecule has 0 radical (unpaired) electrons. The van der Waals surface area contributed by atoms with Gasteiger partial charge in [-0.15, -0.1) is 0 Å². The van der Waals surface area contributed by atoms with E-state index in [0.29, 0.717) is 0 Å². The fraction of sp³-hybridized carbons (Fsp3) is 0.118. The molecule has 0 N–H and O–H groups in total. The van der Waals surface area contributed by atoms with E-state index < -0.39 is 0 Å². The van der Waals surface area contributed by atoms with E-state index in [-0.39, 0.29) is 0 Å². The SMILES string of the molecule is CCc1ccc(C=Cc2ccc(C#Cc3ccc(C=Cc4ccc(CC)cc4)cc3)cc2)cc1. The zero-order chi connectivity index (χ0) is 23.6. The first-order chi connectivity index (χ1) is 16.7. The molecule has 0 fully saturated rings. The number of benzene rings is 4. The molecular weight excluding hydrogens is 408 g/mol. The van der Waals surface area contributed by atoms with Gasteiger partial charge in [-0.05, 0) is 70.5 Å². The van der Waals surface area contributed by atoms with Gasteiger partial charge in [0.1, 0.15) is 0 Å². The molecule has 0 aliphatic heterocycles. The molecule has 0 heterocycles. The Balaban J connectivity index is 1.35. The fourth-order valence-corrected chi connectivity index (χ4v) is 3.61. The molecule has 166 valence electrons. The summed E-state index contributed by atoms with van der Waals surface area (Å²) in [5.74, 6) is 6.54. The van der Waals surface area contributed by atoms with Gasteiger partial charge in [-0.25, -0.2) is 0 Å². The van der Waals surface area contributed by atoms with Gasteiger partial charge < -0.3 is 0 Å². The first kappa shape index (κ1) is 23.1. The molecule has 0 heteroatoms. The molecule has 0 bridgehead atoms. The second kappa shape index (κ2) is 11.7. The lowest BCUT2D eigenvalue weighted by Crippen LogP contribution is -1.80. The minimum Gasteiger partial charge on any atom is -0.0617 e. The highest BCUT2D eigenvalue weighted by molar-refractivity contribution is 5.71. The highest BCUT2D eigenvalue weighted by Crippen LogP contribution is 2.13. The molecule has 0 aromatic heterocycles. The molecule has 0 aliphatic carbocycles. The van der Waals surface area contributed by atoms with Crippen molar-refractivity contribution in [3.63, 3.8) is 0 Å². The summed E-state index contributed by atoms with van der Waals surface area (Å²) < 4.78 is 0. The van der Waals surface area contributed by atoms with Crippen molar-refractivity contribution in [1.29, 1.82) is 0 Å². The van der Waals surface area contributed by atoms with E-state index in [1.807, 2.05) is 0 Å². The summed E-state index contributed by atoms with van der Waals surface area (Å²) in [7, 11) is 0. The van der Waals surface area contributed by atoms with Crippen LogP contribution in [0.1, 0.15) is 58.4 Å². The van der Waals surface area contributed by atoms with Crippen molar-refractivity contribution in [2.75, 3.05) is 0 Å². The average Bonchev–Trinajstić information content (AvgIpc) is 2.91. The average molecular weight is 439 g/mol. The molecule has 4 aromatic rings. The molecule has 4 rings (SSSR count). The van der Waals surface area contributed by atoms with Crippen LogP contribution in [0.15, 0.2) is 97.1 Å². The Morgan fingerprint density at radius 1 is 0.412 bits per heavy atom. The number of rotatable bonds is 6. The zero-order valence-electron chi connectivity index (χ0n) is 20.0. The van der Waals surface area contributed by atoms with Gasteiger partial charge in [0.05, 0.1) is 0 Å². The van der Waals surface area contributed by atoms with E-state index in [1.54, 1.807) is 0 Å². The fourth-order valence-electron chi connectivity index (χ4n) is 3.61. The van der Waals surface area contributed by atoms with E-state index in [9.17, 15) is 0 Å². The first-order valence-electron chi connectivity index (χ1n) is 12.0. The lowest BCUT2D eigenvalue weighted by Gasteiger charge is -1.98. The maximum Gasteiger partial charge on any atom is 0.0249 e. The Labute approximate surface area is 204 Å². The van der Waals surface area contributed by atoms with Gasteiger partial charge in [0.25, 0.3) is 0 Å². The van der Waals surface area contributed by atoms with Crippen molar-refractivity contribution >= 4 is 24.3 Å². The summed E-state index contributed by atoms with van der Waals surface area (Å²) in [6.07, 6.45) is 10.7. The quantitative estimate of drug-likeness (QED) is 0.209. The van der Waals surface area contributed by atoms with Crippen molar-refractivity contribution in [2.24, 2.45) is 0 Å². The Hall–Kier alpha value is -4.08. The van der Waals surface area contributed by atoms with Crippen LogP contribution in [0.2, 0.25) is 0 Å². The van der Waals surface area contributed by atoms with Crippen molar-refractivity contribution < 1.29 is 0 Å². The summed E-state index contributed by atoms with van der Waals surface area (Å²) >= 11 is 0. The van der Waals surface area contributed by atoms with Gasteiger partial charge in [0, 0.05) is 11.1 Å². The molecule has 0 atom stereocenters. The van der Waals surface area contributed by atoms with E-state index in [2.05, 4.69) is 147 Å². The monoisotopic (exact) mass is 438 g/mol. The van der Waals surface area contributed by atoms with E-state index >= 15 is 0 Å². The lowest BCUT2D eigenvalue weighted by molar-refractivity contribution is 1.14. The normalized spacial score (nSPS) is 11.0.